The summed E-state index contributed by atoms with van der Waals surface area (Å²) in [5.74, 6) is -1.22. The first-order valence-electron chi connectivity index (χ1n) is 9.46. The molecule has 3 saturated carbocycles. The van der Waals surface area contributed by atoms with Gasteiger partial charge < -0.3 is 20.5 Å². The number of carbonyl (C=O) groups is 1. The molecule has 2 aromatic carbocycles. The molecule has 0 saturated heterocycles. The van der Waals surface area contributed by atoms with Gasteiger partial charge in [0.15, 0.2) is 6.61 Å². The Kier molecular flexibility index (Phi) is 5.66. The lowest BCUT2D eigenvalue weighted by molar-refractivity contribution is -0.144. The van der Waals surface area contributed by atoms with Crippen LogP contribution in [0.4, 0.5) is 8.78 Å². The summed E-state index contributed by atoms with van der Waals surface area (Å²) in [6.45, 7) is 0.0560. The number of amides is 1. The molecule has 0 heterocycles. The fraction of sp³-hybridized carbons (Fsp3) is 0.381. The van der Waals surface area contributed by atoms with Gasteiger partial charge >= 0.3 is 0 Å². The summed E-state index contributed by atoms with van der Waals surface area (Å²) in [7, 11) is 0. The molecule has 0 aromatic heterocycles. The third kappa shape index (κ3) is 4.25. The van der Waals surface area contributed by atoms with E-state index < -0.39 is 17.7 Å². The molecule has 0 radical (unpaired) electrons. The highest BCUT2D eigenvalue weighted by molar-refractivity contribution is 6.31. The van der Waals surface area contributed by atoms with E-state index in [2.05, 4.69) is 10.6 Å². The molecule has 9 heteroatoms. The summed E-state index contributed by atoms with van der Waals surface area (Å²) >= 11 is 11.3. The van der Waals surface area contributed by atoms with Crippen LogP contribution in [0.15, 0.2) is 36.4 Å². The molecule has 1 amide bonds. The maximum absolute atomic E-state index is 13.5. The van der Waals surface area contributed by atoms with Crippen molar-refractivity contribution in [2.24, 2.45) is 0 Å². The smallest absolute Gasteiger partial charge is 0.258 e. The Morgan fingerprint density at radius 3 is 2.33 bits per heavy atom. The number of ether oxygens (including phenoxy) is 1. The molecule has 3 N–H and O–H groups in total. The van der Waals surface area contributed by atoms with E-state index in [1.54, 1.807) is 6.07 Å². The zero-order valence-corrected chi connectivity index (χ0v) is 17.4. The highest BCUT2D eigenvalue weighted by Crippen LogP contribution is 2.60. The van der Waals surface area contributed by atoms with Gasteiger partial charge in [0.1, 0.15) is 17.4 Å². The van der Waals surface area contributed by atoms with Gasteiger partial charge in [-0.1, -0.05) is 29.3 Å². The molecule has 1 unspecified atom stereocenters. The van der Waals surface area contributed by atoms with Gasteiger partial charge in [-0.2, -0.15) is 0 Å². The van der Waals surface area contributed by atoms with Crippen LogP contribution in [0.3, 0.4) is 0 Å². The number of hydrogen-bond acceptors (Lipinski definition) is 4. The third-order valence-electron chi connectivity index (χ3n) is 5.69. The summed E-state index contributed by atoms with van der Waals surface area (Å²) in [5, 5.41) is 16.6. The lowest BCUT2D eigenvalue weighted by atomic mass is 9.44. The van der Waals surface area contributed by atoms with Crippen LogP contribution in [-0.2, 0) is 4.79 Å². The Hall–Kier alpha value is -1.93. The fourth-order valence-electron chi connectivity index (χ4n) is 4.31. The number of halogens is 4. The molecule has 2 bridgehead atoms. The van der Waals surface area contributed by atoms with Crippen molar-refractivity contribution in [2.75, 3.05) is 13.2 Å². The molecule has 5 nitrogen and oxygen atoms in total. The van der Waals surface area contributed by atoms with E-state index in [1.165, 1.54) is 24.3 Å². The molecule has 5 rings (SSSR count). The standard InChI is InChI=1S/C21H20Cl2F2N2O3/c22-14-3-1-12(5-16(14)24)18(28)7-26-20-9-21(10-20,11-20)27-19(29)8-30-13-2-4-15(23)17(25)6-13/h1-6,18,26,28H,7-11H2,(H,27,29). The highest BCUT2D eigenvalue weighted by Gasteiger charge is 2.68. The monoisotopic (exact) mass is 456 g/mol. The number of β-amino-alcohol motifs (C(OH)–C–C–N with tert-alkyl or cyclic N) is 1. The van der Waals surface area contributed by atoms with E-state index in [9.17, 15) is 18.7 Å². The van der Waals surface area contributed by atoms with Crippen LogP contribution in [0.2, 0.25) is 10.0 Å². The number of benzene rings is 2. The minimum absolute atomic E-state index is 0.00946. The van der Waals surface area contributed by atoms with Crippen LogP contribution >= 0.6 is 23.2 Å². The second-order valence-electron chi connectivity index (χ2n) is 8.07. The largest absolute Gasteiger partial charge is 0.484 e. The summed E-state index contributed by atoms with van der Waals surface area (Å²) in [5.41, 5.74) is 0.0601. The minimum Gasteiger partial charge on any atom is -0.484 e. The first-order chi connectivity index (χ1) is 14.2. The zero-order chi connectivity index (χ0) is 21.5. The van der Waals surface area contributed by atoms with Crippen molar-refractivity contribution in [1.29, 1.82) is 0 Å². The molecule has 1 atom stereocenters. The lowest BCUT2D eigenvalue weighted by Gasteiger charge is -2.70. The molecule has 30 heavy (non-hydrogen) atoms. The van der Waals surface area contributed by atoms with Crippen LogP contribution in [0.1, 0.15) is 30.9 Å². The van der Waals surface area contributed by atoms with Gasteiger partial charge in [-0.15, -0.1) is 0 Å². The molecule has 2 aromatic rings. The predicted molar refractivity (Wildman–Crippen MR) is 109 cm³/mol. The van der Waals surface area contributed by atoms with Gasteiger partial charge in [0.05, 0.1) is 16.1 Å². The van der Waals surface area contributed by atoms with E-state index in [0.29, 0.717) is 5.56 Å². The average molecular weight is 457 g/mol. The number of aliphatic hydroxyl groups is 1. The quantitative estimate of drug-likeness (QED) is 0.565. The zero-order valence-electron chi connectivity index (χ0n) is 15.9. The lowest BCUT2D eigenvalue weighted by Crippen LogP contribution is -2.83. The van der Waals surface area contributed by atoms with Gasteiger partial charge in [0.25, 0.3) is 5.91 Å². The molecule has 0 spiro atoms. The predicted octanol–water partition coefficient (Wildman–Crippen LogP) is 3.76. The van der Waals surface area contributed by atoms with Crippen LogP contribution in [0.25, 0.3) is 0 Å². The highest BCUT2D eigenvalue weighted by atomic mass is 35.5. The summed E-state index contributed by atoms with van der Waals surface area (Å²) in [6, 6.07) is 8.23. The molecule has 0 aliphatic heterocycles. The van der Waals surface area contributed by atoms with Crippen molar-refractivity contribution in [1.82, 2.24) is 10.6 Å². The van der Waals surface area contributed by atoms with Crippen molar-refractivity contribution >= 4 is 29.1 Å². The van der Waals surface area contributed by atoms with Crippen LogP contribution < -0.4 is 15.4 Å². The maximum atomic E-state index is 13.5. The Labute approximate surface area is 182 Å². The Morgan fingerprint density at radius 1 is 1.07 bits per heavy atom. The molecular weight excluding hydrogens is 437 g/mol. The van der Waals surface area contributed by atoms with Crippen molar-refractivity contribution in [3.8, 4) is 5.75 Å². The number of aliphatic hydroxyl groups excluding tert-OH is 1. The minimum atomic E-state index is -0.857. The second-order valence-corrected chi connectivity index (χ2v) is 8.89. The van der Waals surface area contributed by atoms with E-state index in [-0.39, 0.29) is 45.9 Å². The number of nitrogens with one attached hydrogen (secondary N) is 2. The maximum Gasteiger partial charge on any atom is 0.258 e. The van der Waals surface area contributed by atoms with E-state index >= 15 is 0 Å². The van der Waals surface area contributed by atoms with Crippen molar-refractivity contribution in [3.05, 3.63) is 63.6 Å². The molecule has 3 fully saturated rings. The van der Waals surface area contributed by atoms with Gasteiger partial charge in [-0.25, -0.2) is 8.78 Å². The van der Waals surface area contributed by atoms with Crippen molar-refractivity contribution in [3.63, 3.8) is 0 Å². The van der Waals surface area contributed by atoms with Gasteiger partial charge in [0, 0.05) is 23.7 Å². The molecular formula is C21H20Cl2F2N2O3. The number of rotatable bonds is 8. The molecule has 160 valence electrons. The van der Waals surface area contributed by atoms with Gasteiger partial charge in [-0.3, -0.25) is 4.79 Å². The summed E-state index contributed by atoms with van der Waals surface area (Å²) in [4.78, 5) is 12.2. The van der Waals surface area contributed by atoms with Crippen LogP contribution in [-0.4, -0.2) is 35.2 Å². The SMILES string of the molecule is O=C(COc1ccc(Cl)c(F)c1)NC12CC(NCC(O)c3ccc(Cl)c(F)c3)(C1)C2. The summed E-state index contributed by atoms with van der Waals surface area (Å²) < 4.78 is 32.2. The van der Waals surface area contributed by atoms with Crippen molar-refractivity contribution < 1.29 is 23.4 Å². The van der Waals surface area contributed by atoms with E-state index in [4.69, 9.17) is 27.9 Å². The number of hydrogen-bond donors (Lipinski definition) is 3. The molecule has 3 aliphatic carbocycles. The van der Waals surface area contributed by atoms with Gasteiger partial charge in [-0.05, 0) is 49.1 Å². The second kappa shape index (κ2) is 7.96. The fourth-order valence-corrected chi connectivity index (χ4v) is 4.54. The van der Waals surface area contributed by atoms with Crippen LogP contribution in [0, 0.1) is 11.6 Å². The first kappa shape index (κ1) is 21.3. The Balaban J connectivity index is 1.20. The van der Waals surface area contributed by atoms with E-state index in [0.717, 1.165) is 25.3 Å². The average Bonchev–Trinajstić information content (AvgIpc) is 2.65. The molecule has 3 aliphatic rings. The van der Waals surface area contributed by atoms with Crippen molar-refractivity contribution in [2.45, 2.75) is 36.4 Å². The third-order valence-corrected chi connectivity index (χ3v) is 6.31. The number of carbonyl (C=O) groups excluding carboxylic acids is 1. The Bertz CT molecular complexity index is 969. The van der Waals surface area contributed by atoms with E-state index in [1.807, 2.05) is 0 Å². The van der Waals surface area contributed by atoms with Gasteiger partial charge in [0.2, 0.25) is 0 Å². The summed E-state index contributed by atoms with van der Waals surface area (Å²) in [6.07, 6.45) is 1.36. The first-order valence-corrected chi connectivity index (χ1v) is 10.2. The Morgan fingerprint density at radius 2 is 1.70 bits per heavy atom. The normalized spacial score (nSPS) is 25.1. The van der Waals surface area contributed by atoms with Crippen LogP contribution in [0.5, 0.6) is 5.75 Å². The topological polar surface area (TPSA) is 70.6 Å².